The molecule has 1 heterocycles. The first-order valence-corrected chi connectivity index (χ1v) is 8.74. The quantitative estimate of drug-likeness (QED) is 0.859. The average molecular weight is 356 g/mol. The van der Waals surface area contributed by atoms with E-state index in [2.05, 4.69) is 4.90 Å². The van der Waals surface area contributed by atoms with E-state index in [0.717, 1.165) is 31.9 Å². The Morgan fingerprint density at radius 3 is 2.35 bits per heavy atom. The molecule has 2 N–H and O–H groups in total. The summed E-state index contributed by atoms with van der Waals surface area (Å²) < 4.78 is 5.64. The molecular formula is C20H24N2O4. The SMILES string of the molecule is CC(=O)N1CCN(c2ccc(OCC(O)c3ccccc3O)cc2)CC1. The number of nitrogens with zero attached hydrogens (tertiary/aromatic N) is 2. The molecule has 0 saturated carbocycles. The lowest BCUT2D eigenvalue weighted by Crippen LogP contribution is -2.48. The highest BCUT2D eigenvalue weighted by Gasteiger charge is 2.19. The van der Waals surface area contributed by atoms with Crippen molar-refractivity contribution >= 4 is 11.6 Å². The number of aliphatic hydroxyl groups is 1. The first-order chi connectivity index (χ1) is 12.5. The molecule has 26 heavy (non-hydrogen) atoms. The third kappa shape index (κ3) is 4.26. The van der Waals surface area contributed by atoms with E-state index in [1.807, 2.05) is 29.2 Å². The van der Waals surface area contributed by atoms with Gasteiger partial charge in [-0.05, 0) is 30.3 Å². The highest BCUT2D eigenvalue weighted by Crippen LogP contribution is 2.25. The Morgan fingerprint density at radius 2 is 1.73 bits per heavy atom. The summed E-state index contributed by atoms with van der Waals surface area (Å²) in [5.41, 5.74) is 1.54. The van der Waals surface area contributed by atoms with E-state index in [9.17, 15) is 15.0 Å². The number of hydrogen-bond acceptors (Lipinski definition) is 5. The number of aromatic hydroxyl groups is 1. The van der Waals surface area contributed by atoms with Crippen molar-refractivity contribution in [3.8, 4) is 11.5 Å². The molecular weight excluding hydrogens is 332 g/mol. The predicted octanol–water partition coefficient (Wildman–Crippen LogP) is 2.17. The Balaban J connectivity index is 1.53. The van der Waals surface area contributed by atoms with Crippen LogP contribution in [0.15, 0.2) is 48.5 Å². The molecule has 0 spiro atoms. The van der Waals surface area contributed by atoms with Crippen molar-refractivity contribution in [2.24, 2.45) is 0 Å². The normalized spacial score (nSPS) is 15.6. The molecule has 138 valence electrons. The van der Waals surface area contributed by atoms with E-state index in [1.54, 1.807) is 31.2 Å². The van der Waals surface area contributed by atoms with Gasteiger partial charge in [-0.15, -0.1) is 0 Å². The second-order valence-corrected chi connectivity index (χ2v) is 6.37. The zero-order valence-electron chi connectivity index (χ0n) is 14.8. The van der Waals surface area contributed by atoms with Gasteiger partial charge in [0.2, 0.25) is 5.91 Å². The molecule has 1 saturated heterocycles. The number of carbonyl (C=O) groups excluding carboxylic acids is 1. The second-order valence-electron chi connectivity index (χ2n) is 6.37. The van der Waals surface area contributed by atoms with Crippen molar-refractivity contribution < 1.29 is 19.7 Å². The van der Waals surface area contributed by atoms with E-state index in [-0.39, 0.29) is 18.3 Å². The number of phenols is 1. The van der Waals surface area contributed by atoms with Gasteiger partial charge >= 0.3 is 0 Å². The summed E-state index contributed by atoms with van der Waals surface area (Å²) in [6.45, 7) is 4.76. The lowest BCUT2D eigenvalue weighted by Gasteiger charge is -2.35. The van der Waals surface area contributed by atoms with Gasteiger partial charge in [0.15, 0.2) is 0 Å². The number of anilines is 1. The van der Waals surface area contributed by atoms with Crippen LogP contribution < -0.4 is 9.64 Å². The van der Waals surface area contributed by atoms with Gasteiger partial charge in [-0.2, -0.15) is 0 Å². The van der Waals surface area contributed by atoms with Crippen LogP contribution in [0.1, 0.15) is 18.6 Å². The lowest BCUT2D eigenvalue weighted by molar-refractivity contribution is -0.129. The maximum Gasteiger partial charge on any atom is 0.219 e. The lowest BCUT2D eigenvalue weighted by atomic mass is 10.1. The van der Waals surface area contributed by atoms with Gasteiger partial charge in [-0.25, -0.2) is 0 Å². The summed E-state index contributed by atoms with van der Waals surface area (Å²) in [5, 5.41) is 19.9. The third-order valence-electron chi connectivity index (χ3n) is 4.63. The van der Waals surface area contributed by atoms with E-state index in [0.29, 0.717) is 11.3 Å². The Labute approximate surface area is 153 Å². The molecule has 1 amide bonds. The molecule has 2 aromatic carbocycles. The van der Waals surface area contributed by atoms with Crippen LogP contribution in [0.5, 0.6) is 11.5 Å². The monoisotopic (exact) mass is 356 g/mol. The first kappa shape index (κ1) is 18.1. The molecule has 1 aliphatic heterocycles. The van der Waals surface area contributed by atoms with Gasteiger partial charge in [-0.1, -0.05) is 18.2 Å². The van der Waals surface area contributed by atoms with Crippen LogP contribution in [0, 0.1) is 0 Å². The molecule has 0 aromatic heterocycles. The number of amides is 1. The molecule has 0 bridgehead atoms. The molecule has 0 radical (unpaired) electrons. The van der Waals surface area contributed by atoms with Crippen molar-refractivity contribution in [3.63, 3.8) is 0 Å². The minimum atomic E-state index is -0.893. The maximum absolute atomic E-state index is 11.4. The summed E-state index contributed by atoms with van der Waals surface area (Å²) in [4.78, 5) is 15.5. The molecule has 1 unspecified atom stereocenters. The van der Waals surface area contributed by atoms with Crippen molar-refractivity contribution in [2.75, 3.05) is 37.7 Å². The van der Waals surface area contributed by atoms with E-state index in [1.165, 1.54) is 0 Å². The number of benzene rings is 2. The van der Waals surface area contributed by atoms with Crippen LogP contribution in [0.2, 0.25) is 0 Å². The Kier molecular flexibility index (Phi) is 5.63. The fraction of sp³-hybridized carbons (Fsp3) is 0.350. The van der Waals surface area contributed by atoms with Crippen molar-refractivity contribution in [1.82, 2.24) is 4.90 Å². The summed E-state index contributed by atoms with van der Waals surface area (Å²) in [6, 6.07) is 14.4. The molecule has 2 aromatic rings. The van der Waals surface area contributed by atoms with Gasteiger partial charge in [-0.3, -0.25) is 4.79 Å². The van der Waals surface area contributed by atoms with Gasteiger partial charge in [0.1, 0.15) is 24.2 Å². The molecule has 0 aliphatic carbocycles. The van der Waals surface area contributed by atoms with Crippen molar-refractivity contribution in [3.05, 3.63) is 54.1 Å². The predicted molar refractivity (Wildman–Crippen MR) is 99.5 cm³/mol. The number of para-hydroxylation sites is 1. The highest BCUT2D eigenvalue weighted by molar-refractivity contribution is 5.73. The van der Waals surface area contributed by atoms with E-state index in [4.69, 9.17) is 4.74 Å². The topological polar surface area (TPSA) is 73.2 Å². The van der Waals surface area contributed by atoms with E-state index < -0.39 is 6.10 Å². The number of phenolic OH excluding ortho intramolecular Hbond substituents is 1. The Morgan fingerprint density at radius 1 is 1.08 bits per heavy atom. The van der Waals surface area contributed by atoms with Crippen LogP contribution in [-0.4, -0.2) is 53.8 Å². The smallest absolute Gasteiger partial charge is 0.219 e. The summed E-state index contributed by atoms with van der Waals surface area (Å²) >= 11 is 0. The van der Waals surface area contributed by atoms with Crippen LogP contribution in [0.25, 0.3) is 0 Å². The number of hydrogen-bond donors (Lipinski definition) is 2. The zero-order valence-corrected chi connectivity index (χ0v) is 14.8. The summed E-state index contributed by atoms with van der Waals surface area (Å²) in [5.74, 6) is 0.839. The number of ether oxygens (including phenoxy) is 1. The average Bonchev–Trinajstić information content (AvgIpc) is 2.67. The summed E-state index contributed by atoms with van der Waals surface area (Å²) in [6.07, 6.45) is -0.893. The summed E-state index contributed by atoms with van der Waals surface area (Å²) in [7, 11) is 0. The molecule has 3 rings (SSSR count). The standard InChI is InChI=1S/C20H24N2O4/c1-15(23)21-10-12-22(13-11-21)16-6-8-17(9-7-16)26-14-20(25)18-4-2-3-5-19(18)24/h2-9,20,24-25H,10-14H2,1H3. The maximum atomic E-state index is 11.4. The second kappa shape index (κ2) is 8.10. The van der Waals surface area contributed by atoms with Crippen LogP contribution in [-0.2, 0) is 4.79 Å². The molecule has 1 aliphatic rings. The largest absolute Gasteiger partial charge is 0.508 e. The number of aliphatic hydroxyl groups excluding tert-OH is 1. The van der Waals surface area contributed by atoms with Crippen LogP contribution in [0.4, 0.5) is 5.69 Å². The molecule has 6 nitrogen and oxygen atoms in total. The first-order valence-electron chi connectivity index (χ1n) is 8.74. The van der Waals surface area contributed by atoms with Crippen molar-refractivity contribution in [2.45, 2.75) is 13.0 Å². The van der Waals surface area contributed by atoms with Crippen LogP contribution in [0.3, 0.4) is 0 Å². The van der Waals surface area contributed by atoms with Gasteiger partial charge in [0, 0.05) is 44.4 Å². The van der Waals surface area contributed by atoms with Gasteiger partial charge in [0.05, 0.1) is 0 Å². The number of carbonyl (C=O) groups is 1. The van der Waals surface area contributed by atoms with E-state index >= 15 is 0 Å². The Hall–Kier alpha value is -2.73. The van der Waals surface area contributed by atoms with Gasteiger partial charge in [0.25, 0.3) is 0 Å². The zero-order chi connectivity index (χ0) is 18.5. The fourth-order valence-corrected chi connectivity index (χ4v) is 3.07. The minimum absolute atomic E-state index is 0.0589. The van der Waals surface area contributed by atoms with Crippen LogP contribution >= 0.6 is 0 Å². The van der Waals surface area contributed by atoms with Crippen molar-refractivity contribution in [1.29, 1.82) is 0 Å². The Bertz CT molecular complexity index is 740. The molecule has 1 fully saturated rings. The third-order valence-corrected chi connectivity index (χ3v) is 4.63. The van der Waals surface area contributed by atoms with Gasteiger partial charge < -0.3 is 24.7 Å². The molecule has 6 heteroatoms. The highest BCUT2D eigenvalue weighted by atomic mass is 16.5. The molecule has 1 atom stereocenters. The fourth-order valence-electron chi connectivity index (χ4n) is 3.07. The number of rotatable bonds is 5. The number of piperazine rings is 1. The minimum Gasteiger partial charge on any atom is -0.508 e.